The lowest BCUT2D eigenvalue weighted by molar-refractivity contribution is -0.140. The zero-order valence-corrected chi connectivity index (χ0v) is 11.0. The zero-order chi connectivity index (χ0) is 12.8. The van der Waals surface area contributed by atoms with Gasteiger partial charge in [0, 0.05) is 19.6 Å². The maximum atomic E-state index is 11.7. The van der Waals surface area contributed by atoms with Crippen molar-refractivity contribution in [3.05, 3.63) is 0 Å². The molecule has 0 spiro atoms. The summed E-state index contributed by atoms with van der Waals surface area (Å²) in [5.41, 5.74) is 0. The van der Waals surface area contributed by atoms with Gasteiger partial charge in [0.25, 0.3) is 10.2 Å². The predicted molar refractivity (Wildman–Crippen MR) is 61.1 cm³/mol. The van der Waals surface area contributed by atoms with Crippen molar-refractivity contribution >= 4 is 16.2 Å². The smallest absolute Gasteiger partial charge is 0.306 e. The standard InChI is InChI=1S/C9H20N2O4S/c1-5-8(2)10-16(13,14)11(3)7-6-9(12)15-4/h8,10H,5-7H2,1-4H3. The molecular formula is C9H20N2O4S. The normalized spacial score (nSPS) is 13.8. The van der Waals surface area contributed by atoms with Crippen molar-refractivity contribution in [2.24, 2.45) is 0 Å². The Hall–Kier alpha value is -0.660. The van der Waals surface area contributed by atoms with Gasteiger partial charge >= 0.3 is 5.97 Å². The van der Waals surface area contributed by atoms with Crippen molar-refractivity contribution < 1.29 is 17.9 Å². The fourth-order valence-electron chi connectivity index (χ4n) is 0.899. The summed E-state index contributed by atoms with van der Waals surface area (Å²) in [4.78, 5) is 10.9. The van der Waals surface area contributed by atoms with E-state index in [4.69, 9.17) is 0 Å². The molecule has 1 unspecified atom stereocenters. The van der Waals surface area contributed by atoms with Crippen LogP contribution in [0, 0.1) is 0 Å². The minimum atomic E-state index is -3.50. The second-order valence-corrected chi connectivity index (χ2v) is 5.39. The van der Waals surface area contributed by atoms with Gasteiger partial charge in [0.05, 0.1) is 13.5 Å². The number of hydrogen-bond donors (Lipinski definition) is 1. The largest absolute Gasteiger partial charge is 0.469 e. The van der Waals surface area contributed by atoms with Crippen LogP contribution in [0.5, 0.6) is 0 Å². The first-order valence-electron chi connectivity index (χ1n) is 5.13. The molecule has 0 aromatic rings. The van der Waals surface area contributed by atoms with Gasteiger partial charge in [0.2, 0.25) is 0 Å². The number of carbonyl (C=O) groups is 1. The van der Waals surface area contributed by atoms with Gasteiger partial charge in [0.1, 0.15) is 0 Å². The molecule has 0 fully saturated rings. The molecule has 0 aromatic carbocycles. The highest BCUT2D eigenvalue weighted by Crippen LogP contribution is 2.00. The van der Waals surface area contributed by atoms with Crippen LogP contribution in [-0.4, -0.2) is 45.4 Å². The summed E-state index contributed by atoms with van der Waals surface area (Å²) in [6.07, 6.45) is 0.762. The molecule has 0 aliphatic carbocycles. The summed E-state index contributed by atoms with van der Waals surface area (Å²) < 4.78 is 31.4. The monoisotopic (exact) mass is 252 g/mol. The Balaban J connectivity index is 4.25. The first kappa shape index (κ1) is 15.3. The summed E-state index contributed by atoms with van der Waals surface area (Å²) in [5, 5.41) is 0. The van der Waals surface area contributed by atoms with E-state index in [2.05, 4.69) is 9.46 Å². The van der Waals surface area contributed by atoms with Crippen molar-refractivity contribution in [1.82, 2.24) is 9.03 Å². The maximum absolute atomic E-state index is 11.7. The van der Waals surface area contributed by atoms with Gasteiger partial charge in [0.15, 0.2) is 0 Å². The molecule has 0 rings (SSSR count). The molecular weight excluding hydrogens is 232 g/mol. The molecule has 0 aliphatic heterocycles. The van der Waals surface area contributed by atoms with Crippen LogP contribution in [0.4, 0.5) is 0 Å². The van der Waals surface area contributed by atoms with E-state index >= 15 is 0 Å². The van der Waals surface area contributed by atoms with Gasteiger partial charge in [-0.3, -0.25) is 4.79 Å². The molecule has 6 nitrogen and oxygen atoms in total. The van der Waals surface area contributed by atoms with E-state index in [1.54, 1.807) is 6.92 Å². The molecule has 0 amide bonds. The molecule has 0 bridgehead atoms. The Morgan fingerprint density at radius 2 is 2.06 bits per heavy atom. The number of nitrogens with zero attached hydrogens (tertiary/aromatic N) is 1. The summed E-state index contributed by atoms with van der Waals surface area (Å²) in [6, 6.07) is -0.120. The van der Waals surface area contributed by atoms with E-state index < -0.39 is 16.2 Å². The van der Waals surface area contributed by atoms with Crippen molar-refractivity contribution in [2.45, 2.75) is 32.7 Å². The van der Waals surface area contributed by atoms with Crippen LogP contribution in [0.1, 0.15) is 26.7 Å². The van der Waals surface area contributed by atoms with Crippen LogP contribution in [-0.2, 0) is 19.7 Å². The fourth-order valence-corrected chi connectivity index (χ4v) is 2.09. The molecule has 0 aromatic heterocycles. The van der Waals surface area contributed by atoms with Crippen LogP contribution >= 0.6 is 0 Å². The predicted octanol–water partition coefficient (Wildman–Crippen LogP) is 0.114. The van der Waals surface area contributed by atoms with Crippen LogP contribution in [0.25, 0.3) is 0 Å². The number of methoxy groups -OCH3 is 1. The Labute approximate surface area is 97.1 Å². The van der Waals surface area contributed by atoms with E-state index in [0.717, 1.165) is 4.31 Å². The van der Waals surface area contributed by atoms with E-state index in [9.17, 15) is 13.2 Å². The van der Waals surface area contributed by atoms with Gasteiger partial charge in [-0.25, -0.2) is 0 Å². The van der Waals surface area contributed by atoms with Crippen LogP contribution in [0.3, 0.4) is 0 Å². The highest BCUT2D eigenvalue weighted by molar-refractivity contribution is 7.87. The molecule has 16 heavy (non-hydrogen) atoms. The molecule has 7 heteroatoms. The Morgan fingerprint density at radius 3 is 2.50 bits per heavy atom. The molecule has 1 atom stereocenters. The molecule has 96 valence electrons. The summed E-state index contributed by atoms with van der Waals surface area (Å²) in [7, 11) is -0.804. The quantitative estimate of drug-likeness (QED) is 0.653. The number of nitrogens with one attached hydrogen (secondary N) is 1. The van der Waals surface area contributed by atoms with Crippen LogP contribution in [0.15, 0.2) is 0 Å². The van der Waals surface area contributed by atoms with Crippen molar-refractivity contribution in [3.63, 3.8) is 0 Å². The number of ether oxygens (including phenoxy) is 1. The van der Waals surface area contributed by atoms with Gasteiger partial charge in [-0.15, -0.1) is 0 Å². The lowest BCUT2D eigenvalue weighted by Crippen LogP contribution is -2.43. The highest BCUT2D eigenvalue weighted by Gasteiger charge is 2.19. The fraction of sp³-hybridized carbons (Fsp3) is 0.889. The first-order valence-corrected chi connectivity index (χ1v) is 6.57. The highest BCUT2D eigenvalue weighted by atomic mass is 32.2. The topological polar surface area (TPSA) is 75.7 Å². The third-order valence-electron chi connectivity index (χ3n) is 2.23. The molecule has 1 N–H and O–H groups in total. The lowest BCUT2D eigenvalue weighted by atomic mass is 10.3. The third-order valence-corrected chi connectivity index (χ3v) is 3.93. The van der Waals surface area contributed by atoms with Gasteiger partial charge in [-0.2, -0.15) is 17.4 Å². The van der Waals surface area contributed by atoms with Crippen molar-refractivity contribution in [2.75, 3.05) is 20.7 Å². The summed E-state index contributed by atoms with van der Waals surface area (Å²) >= 11 is 0. The van der Waals surface area contributed by atoms with E-state index in [0.29, 0.717) is 6.42 Å². The number of carbonyl (C=O) groups excluding carboxylic acids is 1. The minimum Gasteiger partial charge on any atom is -0.469 e. The SMILES string of the molecule is CCC(C)NS(=O)(=O)N(C)CCC(=O)OC. The number of esters is 1. The molecule has 0 radical (unpaired) electrons. The van der Waals surface area contributed by atoms with E-state index in [1.165, 1.54) is 14.2 Å². The Kier molecular flexibility index (Phi) is 6.54. The molecule has 0 heterocycles. The first-order chi connectivity index (χ1) is 7.33. The van der Waals surface area contributed by atoms with Gasteiger partial charge < -0.3 is 4.74 Å². The van der Waals surface area contributed by atoms with E-state index in [1.807, 2.05) is 6.92 Å². The maximum Gasteiger partial charge on any atom is 0.306 e. The second-order valence-electron chi connectivity index (χ2n) is 3.58. The summed E-state index contributed by atoms with van der Waals surface area (Å²) in [6.45, 7) is 3.78. The number of rotatable bonds is 7. The average Bonchev–Trinajstić information content (AvgIpc) is 2.24. The third kappa shape index (κ3) is 5.43. The second kappa shape index (κ2) is 6.82. The zero-order valence-electron chi connectivity index (χ0n) is 10.2. The summed E-state index contributed by atoms with van der Waals surface area (Å²) in [5.74, 6) is -0.425. The Bertz CT molecular complexity index is 315. The Morgan fingerprint density at radius 1 is 1.50 bits per heavy atom. The number of hydrogen-bond acceptors (Lipinski definition) is 4. The molecule has 0 saturated carbocycles. The van der Waals surface area contributed by atoms with Gasteiger partial charge in [-0.1, -0.05) is 6.92 Å². The minimum absolute atomic E-state index is 0.0500. The molecule has 0 saturated heterocycles. The van der Waals surface area contributed by atoms with E-state index in [-0.39, 0.29) is 19.0 Å². The van der Waals surface area contributed by atoms with Crippen molar-refractivity contribution in [3.8, 4) is 0 Å². The van der Waals surface area contributed by atoms with Crippen molar-refractivity contribution in [1.29, 1.82) is 0 Å². The van der Waals surface area contributed by atoms with Gasteiger partial charge in [-0.05, 0) is 13.3 Å². The van der Waals surface area contributed by atoms with Crippen LogP contribution < -0.4 is 4.72 Å². The van der Waals surface area contributed by atoms with Crippen LogP contribution in [0.2, 0.25) is 0 Å². The lowest BCUT2D eigenvalue weighted by Gasteiger charge is -2.19. The molecule has 0 aliphatic rings. The average molecular weight is 252 g/mol.